The van der Waals surface area contributed by atoms with Gasteiger partial charge in [0.25, 0.3) is 0 Å². The molecule has 0 fully saturated rings. The fourth-order valence-electron chi connectivity index (χ4n) is 1.65. The molecule has 0 aliphatic heterocycles. The van der Waals surface area contributed by atoms with Crippen molar-refractivity contribution in [3.05, 3.63) is 48.0 Å². The molecule has 0 aliphatic rings. The van der Waals surface area contributed by atoms with Crippen LogP contribution >= 0.6 is 15.9 Å². The number of ether oxygens (including phenoxy) is 1. The van der Waals surface area contributed by atoms with Gasteiger partial charge in [0, 0.05) is 5.33 Å². The van der Waals surface area contributed by atoms with E-state index < -0.39 is 0 Å². The van der Waals surface area contributed by atoms with Gasteiger partial charge in [0.2, 0.25) is 0 Å². The van der Waals surface area contributed by atoms with E-state index in [0.717, 1.165) is 11.1 Å². The lowest BCUT2D eigenvalue weighted by Crippen LogP contribution is -1.82. The normalized spacial score (nSPS) is 11.1. The molecule has 1 nitrogen and oxygen atoms in total. The average molecular weight is 277 g/mol. The predicted molar refractivity (Wildman–Crippen MR) is 73.3 cm³/mol. The second kappa shape index (κ2) is 5.17. The molecule has 0 saturated heterocycles. The molecule has 0 atom stereocenters. The summed E-state index contributed by atoms with van der Waals surface area (Å²) < 4.78 is 5.20. The van der Waals surface area contributed by atoms with E-state index in [4.69, 9.17) is 4.74 Å². The van der Waals surface area contributed by atoms with E-state index in [1.807, 2.05) is 12.1 Å². The molecule has 0 unspecified atom stereocenters. The number of rotatable bonds is 3. The van der Waals surface area contributed by atoms with Crippen LogP contribution in [-0.2, 0) is 0 Å². The van der Waals surface area contributed by atoms with Crippen LogP contribution in [0.3, 0.4) is 0 Å². The summed E-state index contributed by atoms with van der Waals surface area (Å²) in [4.78, 5) is 0. The molecule has 0 spiro atoms. The van der Waals surface area contributed by atoms with E-state index in [9.17, 15) is 0 Å². The molecule has 0 aliphatic carbocycles. The number of hydrogen-bond acceptors (Lipinski definition) is 1. The van der Waals surface area contributed by atoms with Gasteiger partial charge in [-0.05, 0) is 34.5 Å². The van der Waals surface area contributed by atoms with Crippen LogP contribution in [-0.4, -0.2) is 12.4 Å². The van der Waals surface area contributed by atoms with Crippen LogP contribution in [0.4, 0.5) is 0 Å². The Labute approximate surface area is 104 Å². The maximum Gasteiger partial charge on any atom is 0.119 e. The maximum atomic E-state index is 5.20. The summed E-state index contributed by atoms with van der Waals surface area (Å²) in [5.41, 5.74) is 1.22. The fourth-order valence-corrected chi connectivity index (χ4v) is 1.84. The van der Waals surface area contributed by atoms with Crippen molar-refractivity contribution in [2.24, 2.45) is 0 Å². The smallest absolute Gasteiger partial charge is 0.119 e. The van der Waals surface area contributed by atoms with Gasteiger partial charge in [-0.15, -0.1) is 0 Å². The molecule has 0 heterocycles. The molecular formula is C14H13BrO. The lowest BCUT2D eigenvalue weighted by atomic mass is 10.1. The Morgan fingerprint density at radius 2 is 1.88 bits per heavy atom. The summed E-state index contributed by atoms with van der Waals surface area (Å²) in [6.45, 7) is 0. The fraction of sp³-hybridized carbons (Fsp3) is 0.143. The highest BCUT2D eigenvalue weighted by Gasteiger charge is 1.96. The van der Waals surface area contributed by atoms with Crippen molar-refractivity contribution in [1.82, 2.24) is 0 Å². The molecule has 2 rings (SSSR count). The average Bonchev–Trinajstić information content (AvgIpc) is 2.35. The van der Waals surface area contributed by atoms with E-state index in [-0.39, 0.29) is 0 Å². The van der Waals surface area contributed by atoms with Gasteiger partial charge in [0.05, 0.1) is 7.11 Å². The minimum absolute atomic E-state index is 0.883. The summed E-state index contributed by atoms with van der Waals surface area (Å²) in [5.74, 6) is 0.899. The summed E-state index contributed by atoms with van der Waals surface area (Å²) in [7, 11) is 1.69. The number of alkyl halides is 1. The molecule has 0 bridgehead atoms. The lowest BCUT2D eigenvalue weighted by Gasteiger charge is -2.03. The van der Waals surface area contributed by atoms with Crippen molar-refractivity contribution in [3.8, 4) is 5.75 Å². The Hall–Kier alpha value is -1.28. The first-order valence-electron chi connectivity index (χ1n) is 5.14. The highest BCUT2D eigenvalue weighted by molar-refractivity contribution is 9.09. The zero-order valence-corrected chi connectivity index (χ0v) is 10.7. The molecule has 0 saturated carbocycles. The van der Waals surface area contributed by atoms with Crippen molar-refractivity contribution >= 4 is 32.8 Å². The number of benzene rings is 2. The highest BCUT2D eigenvalue weighted by atomic mass is 79.9. The molecule has 2 aromatic carbocycles. The molecular weight excluding hydrogens is 264 g/mol. The van der Waals surface area contributed by atoms with Crippen LogP contribution < -0.4 is 4.74 Å². The summed E-state index contributed by atoms with van der Waals surface area (Å²) >= 11 is 3.37. The van der Waals surface area contributed by atoms with Gasteiger partial charge in [-0.25, -0.2) is 0 Å². The van der Waals surface area contributed by atoms with Crippen molar-refractivity contribution in [1.29, 1.82) is 0 Å². The third-order valence-corrected chi connectivity index (χ3v) is 2.84. The Bertz CT molecular complexity index is 517. The maximum absolute atomic E-state index is 5.20. The molecule has 0 amide bonds. The molecule has 16 heavy (non-hydrogen) atoms. The van der Waals surface area contributed by atoms with Crippen LogP contribution in [0.1, 0.15) is 5.56 Å². The summed E-state index contributed by atoms with van der Waals surface area (Å²) in [5, 5.41) is 3.32. The quantitative estimate of drug-likeness (QED) is 0.762. The van der Waals surface area contributed by atoms with Crippen molar-refractivity contribution in [2.45, 2.75) is 0 Å². The number of methoxy groups -OCH3 is 1. The Balaban J connectivity index is 2.43. The first-order chi connectivity index (χ1) is 7.83. The first-order valence-corrected chi connectivity index (χ1v) is 6.26. The molecule has 0 aromatic heterocycles. The second-order valence-electron chi connectivity index (χ2n) is 3.53. The van der Waals surface area contributed by atoms with E-state index in [1.54, 1.807) is 7.11 Å². The minimum atomic E-state index is 0.883. The van der Waals surface area contributed by atoms with Gasteiger partial charge < -0.3 is 4.74 Å². The lowest BCUT2D eigenvalue weighted by molar-refractivity contribution is 0.415. The zero-order valence-electron chi connectivity index (χ0n) is 9.11. The number of fused-ring (bicyclic) bond motifs is 1. The molecule has 2 aromatic rings. The number of allylic oxidation sites excluding steroid dienone is 1. The number of halogens is 1. The van der Waals surface area contributed by atoms with E-state index in [0.29, 0.717) is 0 Å². The summed E-state index contributed by atoms with van der Waals surface area (Å²) in [6.07, 6.45) is 4.20. The Morgan fingerprint density at radius 3 is 2.62 bits per heavy atom. The van der Waals surface area contributed by atoms with Crippen LogP contribution in [0.5, 0.6) is 5.75 Å². The molecule has 2 heteroatoms. The number of hydrogen-bond donors (Lipinski definition) is 0. The van der Waals surface area contributed by atoms with Crippen molar-refractivity contribution < 1.29 is 4.74 Å². The van der Waals surface area contributed by atoms with Gasteiger partial charge in [-0.2, -0.15) is 0 Å². The topological polar surface area (TPSA) is 9.23 Å². The van der Waals surface area contributed by atoms with Gasteiger partial charge >= 0.3 is 0 Å². The standard InChI is InChI=1S/C14H13BrO/c1-16-14-7-6-12-9-11(3-2-8-15)4-5-13(12)10-14/h2-7,9-10H,8H2,1H3. The van der Waals surface area contributed by atoms with Crippen LogP contribution in [0.25, 0.3) is 16.8 Å². The SMILES string of the molecule is COc1ccc2cc(C=CCBr)ccc2c1. The summed E-state index contributed by atoms with van der Waals surface area (Å²) in [6, 6.07) is 12.5. The molecule has 0 N–H and O–H groups in total. The first kappa shape index (κ1) is 11.2. The molecule has 0 radical (unpaired) electrons. The van der Waals surface area contributed by atoms with Crippen LogP contribution in [0.2, 0.25) is 0 Å². The zero-order chi connectivity index (χ0) is 11.4. The van der Waals surface area contributed by atoms with Gasteiger partial charge in [0.15, 0.2) is 0 Å². The second-order valence-corrected chi connectivity index (χ2v) is 4.18. The largest absolute Gasteiger partial charge is 0.497 e. The minimum Gasteiger partial charge on any atom is -0.497 e. The van der Waals surface area contributed by atoms with Crippen molar-refractivity contribution in [2.75, 3.05) is 12.4 Å². The van der Waals surface area contributed by atoms with Crippen LogP contribution in [0, 0.1) is 0 Å². The van der Waals surface area contributed by atoms with E-state index in [1.165, 1.54) is 16.3 Å². The predicted octanol–water partition coefficient (Wildman–Crippen LogP) is 4.26. The monoisotopic (exact) mass is 276 g/mol. The third kappa shape index (κ3) is 2.45. The van der Waals surface area contributed by atoms with E-state index in [2.05, 4.69) is 52.3 Å². The van der Waals surface area contributed by atoms with E-state index >= 15 is 0 Å². The Morgan fingerprint density at radius 1 is 1.12 bits per heavy atom. The van der Waals surface area contributed by atoms with Crippen LogP contribution in [0.15, 0.2) is 42.5 Å². The van der Waals surface area contributed by atoms with Gasteiger partial charge in [-0.1, -0.05) is 46.3 Å². The third-order valence-electron chi connectivity index (χ3n) is 2.47. The molecule has 82 valence electrons. The van der Waals surface area contributed by atoms with Crippen molar-refractivity contribution in [3.63, 3.8) is 0 Å². The van der Waals surface area contributed by atoms with Gasteiger partial charge in [-0.3, -0.25) is 0 Å². The highest BCUT2D eigenvalue weighted by Crippen LogP contribution is 2.22. The van der Waals surface area contributed by atoms with Gasteiger partial charge in [0.1, 0.15) is 5.75 Å². The Kier molecular flexibility index (Phi) is 3.62.